The van der Waals surface area contributed by atoms with Crippen LogP contribution in [0.15, 0.2) is 0 Å². The fourth-order valence-corrected chi connectivity index (χ4v) is 2.05. The molecule has 1 fully saturated rings. The molecular weight excluding hydrogens is 146 g/mol. The zero-order valence-electron chi connectivity index (χ0n) is 8.77. The van der Waals surface area contributed by atoms with Crippen molar-refractivity contribution in [2.45, 2.75) is 52.5 Å². The van der Waals surface area contributed by atoms with Crippen LogP contribution in [0.3, 0.4) is 0 Å². The normalized spacial score (nSPS) is 22.0. The van der Waals surface area contributed by atoms with Gasteiger partial charge in [0.1, 0.15) is 0 Å². The molecule has 0 aromatic rings. The molecule has 1 aliphatic carbocycles. The largest absolute Gasteiger partial charge is 0.314 e. The van der Waals surface area contributed by atoms with Crippen LogP contribution in [-0.2, 0) is 0 Å². The second-order valence-corrected chi connectivity index (χ2v) is 4.64. The molecule has 0 aliphatic heterocycles. The van der Waals surface area contributed by atoms with E-state index in [4.69, 9.17) is 0 Å². The van der Waals surface area contributed by atoms with Crippen molar-refractivity contribution in [1.82, 2.24) is 5.32 Å². The van der Waals surface area contributed by atoms with Gasteiger partial charge in [0.25, 0.3) is 0 Å². The molecule has 1 heteroatoms. The molecule has 0 aromatic heterocycles. The van der Waals surface area contributed by atoms with Gasteiger partial charge in [0.15, 0.2) is 0 Å². The Morgan fingerprint density at radius 3 is 2.25 bits per heavy atom. The first-order valence-electron chi connectivity index (χ1n) is 5.43. The molecule has 12 heavy (non-hydrogen) atoms. The second-order valence-electron chi connectivity index (χ2n) is 4.64. The van der Waals surface area contributed by atoms with Crippen molar-refractivity contribution in [3.05, 3.63) is 0 Å². The minimum atomic E-state index is 0.745. The lowest BCUT2D eigenvalue weighted by atomic mass is 9.99. The average Bonchev–Trinajstić information content (AvgIpc) is 2.51. The highest BCUT2D eigenvalue weighted by atomic mass is 14.9. The van der Waals surface area contributed by atoms with E-state index in [2.05, 4.69) is 26.1 Å². The van der Waals surface area contributed by atoms with Gasteiger partial charge < -0.3 is 5.32 Å². The Balaban J connectivity index is 2.13. The molecule has 1 rings (SSSR count). The number of hydrogen-bond acceptors (Lipinski definition) is 1. The van der Waals surface area contributed by atoms with Gasteiger partial charge in [-0.2, -0.15) is 0 Å². The van der Waals surface area contributed by atoms with E-state index in [-0.39, 0.29) is 0 Å². The van der Waals surface area contributed by atoms with Crippen LogP contribution >= 0.6 is 0 Å². The summed E-state index contributed by atoms with van der Waals surface area (Å²) in [5.41, 5.74) is 0. The van der Waals surface area contributed by atoms with Gasteiger partial charge in [-0.15, -0.1) is 0 Å². The molecule has 0 bridgehead atoms. The molecule has 0 radical (unpaired) electrons. The quantitative estimate of drug-likeness (QED) is 0.682. The molecule has 1 N–H and O–H groups in total. The van der Waals surface area contributed by atoms with Crippen molar-refractivity contribution in [1.29, 1.82) is 0 Å². The van der Waals surface area contributed by atoms with Crippen LogP contribution in [0.2, 0.25) is 0 Å². The summed E-state index contributed by atoms with van der Waals surface area (Å²) in [7, 11) is 0. The lowest BCUT2D eigenvalue weighted by molar-refractivity contribution is 0.364. The summed E-state index contributed by atoms with van der Waals surface area (Å²) in [6, 6.07) is 0.745. The van der Waals surface area contributed by atoms with E-state index in [1.165, 1.54) is 32.2 Å². The molecule has 72 valence electrons. The lowest BCUT2D eigenvalue weighted by Crippen LogP contribution is -2.34. The predicted molar refractivity (Wildman–Crippen MR) is 54.3 cm³/mol. The summed E-state index contributed by atoms with van der Waals surface area (Å²) in [5.74, 6) is 1.75. The van der Waals surface area contributed by atoms with E-state index in [0.29, 0.717) is 0 Å². The van der Waals surface area contributed by atoms with Crippen LogP contribution in [0.25, 0.3) is 0 Å². The molecule has 0 unspecified atom stereocenters. The van der Waals surface area contributed by atoms with E-state index < -0.39 is 0 Å². The van der Waals surface area contributed by atoms with Crippen LogP contribution in [0.4, 0.5) is 0 Å². The monoisotopic (exact) mass is 169 g/mol. The van der Waals surface area contributed by atoms with Gasteiger partial charge in [-0.3, -0.25) is 0 Å². The molecule has 1 aliphatic rings. The first-order valence-corrected chi connectivity index (χ1v) is 5.43. The van der Waals surface area contributed by atoms with E-state index in [1.54, 1.807) is 0 Å². The third-order valence-electron chi connectivity index (χ3n) is 2.96. The molecule has 0 amide bonds. The van der Waals surface area contributed by atoms with Crippen molar-refractivity contribution in [2.24, 2.45) is 11.8 Å². The second kappa shape index (κ2) is 4.86. The first kappa shape index (κ1) is 10.0. The van der Waals surface area contributed by atoms with E-state index in [1.807, 2.05) is 0 Å². The molecule has 1 nitrogen and oxygen atoms in total. The Morgan fingerprint density at radius 1 is 1.17 bits per heavy atom. The highest BCUT2D eigenvalue weighted by Gasteiger charge is 2.20. The maximum absolute atomic E-state index is 3.62. The summed E-state index contributed by atoms with van der Waals surface area (Å²) in [6.45, 7) is 8.07. The fourth-order valence-electron chi connectivity index (χ4n) is 2.05. The standard InChI is InChI=1S/C11H23N/c1-9(2)8-12-10(3)11-6-4-5-7-11/h9-12H,4-8H2,1-3H3/t10-/m0/s1. The highest BCUT2D eigenvalue weighted by Crippen LogP contribution is 2.27. The Bertz CT molecular complexity index is 114. The molecule has 0 aromatic carbocycles. The zero-order valence-corrected chi connectivity index (χ0v) is 8.77. The topological polar surface area (TPSA) is 12.0 Å². The van der Waals surface area contributed by atoms with Gasteiger partial charge in [0.05, 0.1) is 0 Å². The van der Waals surface area contributed by atoms with Crippen molar-refractivity contribution in [3.8, 4) is 0 Å². The summed E-state index contributed by atoms with van der Waals surface area (Å²) in [5, 5.41) is 3.62. The maximum atomic E-state index is 3.62. The minimum Gasteiger partial charge on any atom is -0.314 e. The fraction of sp³-hybridized carbons (Fsp3) is 1.00. The smallest absolute Gasteiger partial charge is 0.00671 e. The third kappa shape index (κ3) is 3.14. The lowest BCUT2D eigenvalue weighted by Gasteiger charge is -2.21. The molecular formula is C11H23N. The maximum Gasteiger partial charge on any atom is 0.00671 e. The van der Waals surface area contributed by atoms with Crippen molar-refractivity contribution >= 4 is 0 Å². The van der Waals surface area contributed by atoms with Crippen molar-refractivity contribution < 1.29 is 0 Å². The molecule has 1 saturated carbocycles. The third-order valence-corrected chi connectivity index (χ3v) is 2.96. The van der Waals surface area contributed by atoms with E-state index in [9.17, 15) is 0 Å². The van der Waals surface area contributed by atoms with Crippen LogP contribution in [0, 0.1) is 11.8 Å². The Kier molecular flexibility index (Phi) is 4.07. The number of nitrogens with one attached hydrogen (secondary N) is 1. The predicted octanol–water partition coefficient (Wildman–Crippen LogP) is 2.81. The Morgan fingerprint density at radius 2 is 1.75 bits per heavy atom. The van der Waals surface area contributed by atoms with Crippen LogP contribution in [0.1, 0.15) is 46.5 Å². The van der Waals surface area contributed by atoms with Crippen molar-refractivity contribution in [3.63, 3.8) is 0 Å². The molecule has 0 spiro atoms. The van der Waals surface area contributed by atoms with Crippen LogP contribution in [0.5, 0.6) is 0 Å². The number of rotatable bonds is 4. The summed E-state index contributed by atoms with van der Waals surface area (Å²) in [4.78, 5) is 0. The Hall–Kier alpha value is -0.0400. The Labute approximate surface area is 76.9 Å². The summed E-state index contributed by atoms with van der Waals surface area (Å²) < 4.78 is 0. The number of hydrogen-bond donors (Lipinski definition) is 1. The first-order chi connectivity index (χ1) is 5.70. The highest BCUT2D eigenvalue weighted by molar-refractivity contribution is 4.77. The SMILES string of the molecule is CC(C)CN[C@@H](C)C1CCCC1. The zero-order chi connectivity index (χ0) is 8.97. The molecule has 1 atom stereocenters. The van der Waals surface area contributed by atoms with Crippen LogP contribution in [-0.4, -0.2) is 12.6 Å². The average molecular weight is 169 g/mol. The summed E-state index contributed by atoms with van der Waals surface area (Å²) in [6.07, 6.45) is 5.81. The van der Waals surface area contributed by atoms with Gasteiger partial charge in [0.2, 0.25) is 0 Å². The van der Waals surface area contributed by atoms with Gasteiger partial charge in [0, 0.05) is 6.04 Å². The molecule has 0 saturated heterocycles. The van der Waals surface area contributed by atoms with Gasteiger partial charge >= 0.3 is 0 Å². The summed E-state index contributed by atoms with van der Waals surface area (Å²) >= 11 is 0. The van der Waals surface area contributed by atoms with Gasteiger partial charge in [-0.1, -0.05) is 26.7 Å². The van der Waals surface area contributed by atoms with E-state index in [0.717, 1.165) is 17.9 Å². The van der Waals surface area contributed by atoms with E-state index >= 15 is 0 Å². The van der Waals surface area contributed by atoms with Crippen molar-refractivity contribution in [2.75, 3.05) is 6.54 Å². The van der Waals surface area contributed by atoms with Gasteiger partial charge in [-0.25, -0.2) is 0 Å². The van der Waals surface area contributed by atoms with Gasteiger partial charge in [-0.05, 0) is 38.1 Å². The molecule has 0 heterocycles. The van der Waals surface area contributed by atoms with Crippen LogP contribution < -0.4 is 5.32 Å². The minimum absolute atomic E-state index is 0.745.